The Labute approximate surface area is 117 Å². The van der Waals surface area contributed by atoms with Gasteiger partial charge in [-0.15, -0.1) is 0 Å². The molecule has 120 valence electrons. The van der Waals surface area contributed by atoms with Gasteiger partial charge in [-0.25, -0.2) is 0 Å². The van der Waals surface area contributed by atoms with E-state index < -0.39 is 17.7 Å². The van der Waals surface area contributed by atoms with Crippen molar-refractivity contribution in [3.8, 4) is 0 Å². The molecule has 0 aliphatic heterocycles. The highest BCUT2D eigenvalue weighted by Crippen LogP contribution is 2.35. The van der Waals surface area contributed by atoms with Crippen molar-refractivity contribution in [1.29, 1.82) is 0 Å². The van der Waals surface area contributed by atoms with E-state index in [1.54, 1.807) is 0 Å². The van der Waals surface area contributed by atoms with Gasteiger partial charge in [0.25, 0.3) is 0 Å². The molecule has 0 spiro atoms. The number of carbonyl (C=O) groups is 2. The number of hydrogen-bond donors (Lipinski definition) is 0. The maximum absolute atomic E-state index is 12.2. The minimum Gasteiger partial charge on any atom is -0.463 e. The molecule has 0 aromatic heterocycles. The Bertz CT molecular complexity index is 315. The number of esters is 2. The number of rotatable bonds is 4. The molecule has 0 aromatic rings. The molecule has 4 nitrogen and oxygen atoms in total. The lowest BCUT2D eigenvalue weighted by Gasteiger charge is -2.29. The lowest BCUT2D eigenvalue weighted by molar-refractivity contribution is -0.263. The van der Waals surface area contributed by atoms with Crippen molar-refractivity contribution in [1.82, 2.24) is 0 Å². The van der Waals surface area contributed by atoms with Crippen molar-refractivity contribution < 1.29 is 32.2 Å². The minimum atomic E-state index is -4.51. The summed E-state index contributed by atoms with van der Waals surface area (Å²) in [6.07, 6.45) is -3.82. The van der Waals surface area contributed by atoms with E-state index in [0.29, 0.717) is 0 Å². The van der Waals surface area contributed by atoms with Gasteiger partial charge in [0.1, 0.15) is 0 Å². The van der Waals surface area contributed by atoms with Crippen LogP contribution in [0.15, 0.2) is 0 Å². The molecule has 0 aliphatic carbocycles. The van der Waals surface area contributed by atoms with Crippen LogP contribution in [0.3, 0.4) is 0 Å². The van der Waals surface area contributed by atoms with Crippen LogP contribution >= 0.6 is 0 Å². The van der Waals surface area contributed by atoms with Crippen LogP contribution in [0, 0.1) is 0 Å². The first kappa shape index (κ1) is 21.0. The molecule has 0 N–H and O–H groups in total. The minimum absolute atomic E-state index is 0.0764. The second-order valence-corrected chi connectivity index (χ2v) is 4.50. The summed E-state index contributed by atoms with van der Waals surface area (Å²) in [6.45, 7) is 8.41. The quantitative estimate of drug-likeness (QED) is 0.744. The predicted molar refractivity (Wildman–Crippen MR) is 68.0 cm³/mol. The van der Waals surface area contributed by atoms with Crippen molar-refractivity contribution in [2.45, 2.75) is 72.3 Å². The van der Waals surface area contributed by atoms with Crippen LogP contribution in [0.2, 0.25) is 0 Å². The fraction of sp³-hybridized carbons (Fsp3) is 0.846. The lowest BCUT2D eigenvalue weighted by Crippen LogP contribution is -2.45. The summed E-state index contributed by atoms with van der Waals surface area (Å²) in [5.41, 5.74) is -2.35. The Morgan fingerprint density at radius 1 is 1.10 bits per heavy atom. The Morgan fingerprint density at radius 3 is 1.65 bits per heavy atom. The van der Waals surface area contributed by atoms with E-state index in [0.717, 1.165) is 20.3 Å². The topological polar surface area (TPSA) is 52.6 Å². The summed E-state index contributed by atoms with van der Waals surface area (Å²) in [5.74, 6) is -1.11. The summed E-state index contributed by atoms with van der Waals surface area (Å²) in [5, 5.41) is 0. The highest BCUT2D eigenvalue weighted by atomic mass is 19.4. The number of halogens is 3. The predicted octanol–water partition coefficient (Wildman–Crippen LogP) is 3.63. The van der Waals surface area contributed by atoms with E-state index >= 15 is 0 Å². The molecule has 0 bridgehead atoms. The van der Waals surface area contributed by atoms with Gasteiger partial charge in [0.15, 0.2) is 0 Å². The van der Waals surface area contributed by atoms with Crippen molar-refractivity contribution in [3.05, 3.63) is 0 Å². The molecule has 20 heavy (non-hydrogen) atoms. The Morgan fingerprint density at radius 2 is 1.55 bits per heavy atom. The molecular formula is C13H23F3O4. The average Bonchev–Trinajstić information content (AvgIpc) is 2.26. The first-order valence-electron chi connectivity index (χ1n) is 6.33. The third-order valence-corrected chi connectivity index (χ3v) is 2.59. The van der Waals surface area contributed by atoms with Gasteiger partial charge >= 0.3 is 18.1 Å². The number of alkyl halides is 3. The molecule has 2 unspecified atom stereocenters. The highest BCUT2D eigenvalue weighted by Gasteiger charge is 2.52. The Kier molecular flexibility index (Phi) is 9.27. The van der Waals surface area contributed by atoms with Crippen LogP contribution in [-0.2, 0) is 19.1 Å². The summed E-state index contributed by atoms with van der Waals surface area (Å²) in [6, 6.07) is 0. The summed E-state index contributed by atoms with van der Waals surface area (Å²) < 4.78 is 45.5. The van der Waals surface area contributed by atoms with Crippen LogP contribution in [0.4, 0.5) is 13.2 Å². The van der Waals surface area contributed by atoms with Gasteiger partial charge < -0.3 is 9.47 Å². The maximum Gasteiger partial charge on any atom is 0.428 e. The van der Waals surface area contributed by atoms with Gasteiger partial charge in [-0.1, -0.05) is 13.8 Å². The van der Waals surface area contributed by atoms with Crippen LogP contribution in [-0.4, -0.2) is 29.8 Å². The molecular weight excluding hydrogens is 277 g/mol. The van der Waals surface area contributed by atoms with E-state index in [1.807, 2.05) is 13.8 Å². The van der Waals surface area contributed by atoms with Gasteiger partial charge in [-0.05, 0) is 26.7 Å². The zero-order valence-electron chi connectivity index (χ0n) is 12.8. The van der Waals surface area contributed by atoms with Crippen LogP contribution < -0.4 is 0 Å². The first-order chi connectivity index (χ1) is 8.89. The zero-order chi connectivity index (χ0) is 16.6. The molecule has 2 atom stereocenters. The second-order valence-electron chi connectivity index (χ2n) is 4.50. The SMILES string of the molecule is CCC(C)(OC(C)=O)C(F)(F)F.CCC(C)OC(C)=O. The van der Waals surface area contributed by atoms with Crippen LogP contribution in [0.1, 0.15) is 54.4 Å². The molecule has 7 heteroatoms. The number of ether oxygens (including phenoxy) is 2. The van der Waals surface area contributed by atoms with E-state index in [9.17, 15) is 22.8 Å². The van der Waals surface area contributed by atoms with E-state index in [2.05, 4.69) is 4.74 Å². The Balaban J connectivity index is 0. The largest absolute Gasteiger partial charge is 0.463 e. The van der Waals surface area contributed by atoms with Gasteiger partial charge in [0.05, 0.1) is 6.10 Å². The van der Waals surface area contributed by atoms with Crippen molar-refractivity contribution in [2.75, 3.05) is 0 Å². The van der Waals surface area contributed by atoms with E-state index in [4.69, 9.17) is 4.74 Å². The van der Waals surface area contributed by atoms with Crippen molar-refractivity contribution in [2.24, 2.45) is 0 Å². The molecule has 0 saturated carbocycles. The molecule has 0 fully saturated rings. The molecule has 0 radical (unpaired) electrons. The molecule has 0 aliphatic rings. The summed E-state index contributed by atoms with van der Waals surface area (Å²) in [7, 11) is 0. The van der Waals surface area contributed by atoms with Gasteiger partial charge in [0, 0.05) is 13.8 Å². The second kappa shape index (κ2) is 8.81. The van der Waals surface area contributed by atoms with Crippen LogP contribution in [0.25, 0.3) is 0 Å². The monoisotopic (exact) mass is 300 g/mol. The molecule has 0 rings (SSSR count). The van der Waals surface area contributed by atoms with Gasteiger partial charge in [-0.3, -0.25) is 9.59 Å². The Hall–Kier alpha value is -1.27. The third-order valence-electron chi connectivity index (χ3n) is 2.59. The van der Waals surface area contributed by atoms with Crippen LogP contribution in [0.5, 0.6) is 0 Å². The normalized spacial score (nSPS) is 15.2. The smallest absolute Gasteiger partial charge is 0.428 e. The third kappa shape index (κ3) is 8.77. The standard InChI is InChI=1S/C7H11F3O2.C6H12O2/c1-4-6(3,7(8,9)10)12-5(2)11;1-4-5(2)8-6(3)7/h4H2,1-3H3;5H,4H2,1-3H3. The summed E-state index contributed by atoms with van der Waals surface area (Å²) in [4.78, 5) is 20.5. The molecule has 0 heterocycles. The van der Waals surface area contributed by atoms with Gasteiger partial charge in [0.2, 0.25) is 5.60 Å². The first-order valence-corrected chi connectivity index (χ1v) is 6.33. The average molecular weight is 300 g/mol. The maximum atomic E-state index is 12.2. The lowest BCUT2D eigenvalue weighted by atomic mass is 10.0. The molecule has 0 amide bonds. The van der Waals surface area contributed by atoms with Crippen molar-refractivity contribution in [3.63, 3.8) is 0 Å². The highest BCUT2D eigenvalue weighted by molar-refractivity contribution is 5.66. The number of hydrogen-bond acceptors (Lipinski definition) is 4. The van der Waals surface area contributed by atoms with E-state index in [1.165, 1.54) is 13.8 Å². The molecule has 0 aromatic carbocycles. The van der Waals surface area contributed by atoms with E-state index in [-0.39, 0.29) is 18.5 Å². The van der Waals surface area contributed by atoms with Crippen molar-refractivity contribution >= 4 is 11.9 Å². The van der Waals surface area contributed by atoms with Gasteiger partial charge in [-0.2, -0.15) is 13.2 Å². The fourth-order valence-electron chi connectivity index (χ4n) is 1.01. The molecule has 0 saturated heterocycles. The fourth-order valence-corrected chi connectivity index (χ4v) is 1.01. The summed E-state index contributed by atoms with van der Waals surface area (Å²) >= 11 is 0. The zero-order valence-corrected chi connectivity index (χ0v) is 12.8. The number of carbonyl (C=O) groups excluding carboxylic acids is 2.